The van der Waals surface area contributed by atoms with Crippen LogP contribution in [-0.2, 0) is 14.3 Å². The molecule has 19 heavy (non-hydrogen) atoms. The lowest BCUT2D eigenvalue weighted by atomic mass is 9.65. The van der Waals surface area contributed by atoms with Crippen molar-refractivity contribution in [1.29, 1.82) is 0 Å². The average Bonchev–Trinajstić information content (AvgIpc) is 2.37. The summed E-state index contributed by atoms with van der Waals surface area (Å²) in [5.41, 5.74) is -0.555. The summed E-state index contributed by atoms with van der Waals surface area (Å²) in [7, 11) is 0. The average molecular weight is 268 g/mol. The zero-order chi connectivity index (χ0) is 14.5. The van der Waals surface area contributed by atoms with Crippen molar-refractivity contribution in [3.05, 3.63) is 12.2 Å². The van der Waals surface area contributed by atoms with E-state index in [1.165, 1.54) is 6.42 Å². The van der Waals surface area contributed by atoms with E-state index in [1.807, 2.05) is 0 Å². The van der Waals surface area contributed by atoms with Crippen LogP contribution in [0.1, 0.15) is 59.3 Å². The van der Waals surface area contributed by atoms with Gasteiger partial charge in [0, 0.05) is 17.6 Å². The normalized spacial score (nSPS) is 19.3. The molecule has 0 radical (unpaired) electrons. The second kappa shape index (κ2) is 6.22. The Kier molecular flexibility index (Phi) is 5.15. The van der Waals surface area contributed by atoms with Gasteiger partial charge in [-0.25, -0.2) is 9.59 Å². The monoisotopic (exact) mass is 268 g/mol. The molecule has 1 aliphatic carbocycles. The fraction of sp³-hybridized carbons (Fsp3) is 0.733. The van der Waals surface area contributed by atoms with E-state index < -0.39 is 17.5 Å². The van der Waals surface area contributed by atoms with Crippen molar-refractivity contribution in [2.24, 2.45) is 5.41 Å². The molecule has 0 unspecified atom stereocenters. The number of carboxylic acids is 1. The summed E-state index contributed by atoms with van der Waals surface area (Å²) >= 11 is 0. The fourth-order valence-electron chi connectivity index (χ4n) is 2.73. The maximum Gasteiger partial charge on any atom is 0.331 e. The second-order valence-electron chi connectivity index (χ2n) is 5.89. The van der Waals surface area contributed by atoms with E-state index >= 15 is 0 Å². The number of aliphatic carboxylic acids is 1. The third-order valence-corrected chi connectivity index (χ3v) is 4.44. The first-order valence-electron chi connectivity index (χ1n) is 6.97. The maximum absolute atomic E-state index is 11.8. The third kappa shape index (κ3) is 3.82. The van der Waals surface area contributed by atoms with Crippen molar-refractivity contribution in [3.63, 3.8) is 0 Å². The topological polar surface area (TPSA) is 63.6 Å². The lowest BCUT2D eigenvalue weighted by molar-refractivity contribution is -0.176. The Labute approximate surface area is 114 Å². The zero-order valence-electron chi connectivity index (χ0n) is 12.1. The SMILES string of the molecule is CCC(C)(C)C1(OC(=O)/C=C/C(=O)O)CCCCC1. The lowest BCUT2D eigenvalue weighted by Gasteiger charge is -2.48. The van der Waals surface area contributed by atoms with E-state index in [9.17, 15) is 9.59 Å². The minimum absolute atomic E-state index is 0.0971. The molecule has 0 aromatic heterocycles. The predicted octanol–water partition coefficient (Wildman–Crippen LogP) is 3.31. The lowest BCUT2D eigenvalue weighted by Crippen LogP contribution is -2.49. The number of hydrogen-bond donors (Lipinski definition) is 1. The molecule has 4 nitrogen and oxygen atoms in total. The van der Waals surface area contributed by atoms with E-state index in [0.29, 0.717) is 0 Å². The molecule has 4 heteroatoms. The fourth-order valence-corrected chi connectivity index (χ4v) is 2.73. The number of hydrogen-bond acceptors (Lipinski definition) is 3. The quantitative estimate of drug-likeness (QED) is 0.613. The van der Waals surface area contributed by atoms with Crippen LogP contribution in [0.25, 0.3) is 0 Å². The van der Waals surface area contributed by atoms with Crippen LogP contribution in [0.15, 0.2) is 12.2 Å². The van der Waals surface area contributed by atoms with Gasteiger partial charge in [-0.3, -0.25) is 0 Å². The van der Waals surface area contributed by atoms with Crippen molar-refractivity contribution < 1.29 is 19.4 Å². The van der Waals surface area contributed by atoms with Crippen molar-refractivity contribution in [2.75, 3.05) is 0 Å². The van der Waals surface area contributed by atoms with Crippen molar-refractivity contribution in [2.45, 2.75) is 64.9 Å². The van der Waals surface area contributed by atoms with Gasteiger partial charge in [-0.2, -0.15) is 0 Å². The Balaban J connectivity index is 2.86. The van der Waals surface area contributed by atoms with Gasteiger partial charge in [0.2, 0.25) is 0 Å². The van der Waals surface area contributed by atoms with Crippen molar-refractivity contribution >= 4 is 11.9 Å². The van der Waals surface area contributed by atoms with Crippen LogP contribution in [0.5, 0.6) is 0 Å². The highest BCUT2D eigenvalue weighted by molar-refractivity contribution is 5.90. The predicted molar refractivity (Wildman–Crippen MR) is 72.8 cm³/mol. The minimum Gasteiger partial charge on any atom is -0.478 e. The van der Waals surface area contributed by atoms with Gasteiger partial charge < -0.3 is 9.84 Å². The number of carbonyl (C=O) groups excluding carboxylic acids is 1. The number of ether oxygens (including phenoxy) is 1. The summed E-state index contributed by atoms with van der Waals surface area (Å²) in [6.07, 6.45) is 7.76. The molecular weight excluding hydrogens is 244 g/mol. The van der Waals surface area contributed by atoms with Crippen molar-refractivity contribution in [1.82, 2.24) is 0 Å². The Morgan fingerprint density at radius 3 is 2.26 bits per heavy atom. The van der Waals surface area contributed by atoms with Crippen LogP contribution in [0.4, 0.5) is 0 Å². The van der Waals surface area contributed by atoms with Gasteiger partial charge in [-0.15, -0.1) is 0 Å². The van der Waals surface area contributed by atoms with E-state index in [2.05, 4.69) is 20.8 Å². The molecule has 1 saturated carbocycles. The molecule has 0 aliphatic heterocycles. The smallest absolute Gasteiger partial charge is 0.331 e. The van der Waals surface area contributed by atoms with Gasteiger partial charge in [0.05, 0.1) is 0 Å². The van der Waals surface area contributed by atoms with Gasteiger partial charge in [0.25, 0.3) is 0 Å². The van der Waals surface area contributed by atoms with Crippen LogP contribution in [0.2, 0.25) is 0 Å². The summed E-state index contributed by atoms with van der Waals surface area (Å²) in [6.45, 7) is 6.33. The molecule has 0 bridgehead atoms. The highest BCUT2D eigenvalue weighted by Gasteiger charge is 2.47. The summed E-state index contributed by atoms with van der Waals surface area (Å²) < 4.78 is 5.70. The first kappa shape index (κ1) is 15.7. The first-order chi connectivity index (χ1) is 8.83. The van der Waals surface area contributed by atoms with E-state index in [4.69, 9.17) is 9.84 Å². The van der Waals surface area contributed by atoms with E-state index in [-0.39, 0.29) is 5.41 Å². The molecular formula is C15H24O4. The summed E-state index contributed by atoms with van der Waals surface area (Å²) in [6, 6.07) is 0. The molecule has 0 aromatic carbocycles. The Hall–Kier alpha value is -1.32. The van der Waals surface area contributed by atoms with Crippen molar-refractivity contribution in [3.8, 4) is 0 Å². The largest absolute Gasteiger partial charge is 0.478 e. The number of esters is 1. The summed E-state index contributed by atoms with van der Waals surface area (Å²) in [4.78, 5) is 22.2. The molecule has 0 heterocycles. The molecule has 1 aliphatic rings. The van der Waals surface area contributed by atoms with Gasteiger partial charge >= 0.3 is 11.9 Å². The number of carbonyl (C=O) groups is 2. The molecule has 0 aromatic rings. The van der Waals surface area contributed by atoms with E-state index in [0.717, 1.165) is 44.3 Å². The highest BCUT2D eigenvalue weighted by atomic mass is 16.6. The summed E-state index contributed by atoms with van der Waals surface area (Å²) in [5.74, 6) is -1.68. The molecule has 0 saturated heterocycles. The second-order valence-corrected chi connectivity index (χ2v) is 5.89. The maximum atomic E-state index is 11.8. The Bertz CT molecular complexity index is 362. The van der Waals surface area contributed by atoms with Gasteiger partial charge in [0.1, 0.15) is 5.60 Å². The van der Waals surface area contributed by atoms with Crippen LogP contribution in [0.3, 0.4) is 0 Å². The minimum atomic E-state index is -1.13. The molecule has 1 N–H and O–H groups in total. The molecule has 0 amide bonds. The number of carboxylic acid groups (broad SMARTS) is 1. The molecule has 1 fully saturated rings. The Morgan fingerprint density at radius 2 is 1.79 bits per heavy atom. The molecule has 108 valence electrons. The first-order valence-corrected chi connectivity index (χ1v) is 6.97. The number of rotatable bonds is 5. The van der Waals surface area contributed by atoms with Crippen LogP contribution >= 0.6 is 0 Å². The van der Waals surface area contributed by atoms with Gasteiger partial charge in [0.15, 0.2) is 0 Å². The zero-order valence-corrected chi connectivity index (χ0v) is 12.1. The van der Waals surface area contributed by atoms with Gasteiger partial charge in [-0.1, -0.05) is 27.2 Å². The van der Waals surface area contributed by atoms with Gasteiger partial charge in [-0.05, 0) is 32.1 Å². The molecule has 0 atom stereocenters. The van der Waals surface area contributed by atoms with Crippen LogP contribution in [0, 0.1) is 5.41 Å². The third-order valence-electron chi connectivity index (χ3n) is 4.44. The molecule has 0 spiro atoms. The van der Waals surface area contributed by atoms with E-state index in [1.54, 1.807) is 0 Å². The summed E-state index contributed by atoms with van der Waals surface area (Å²) in [5, 5.41) is 8.54. The van der Waals surface area contributed by atoms with Crippen LogP contribution < -0.4 is 0 Å². The standard InChI is InChI=1S/C15H24O4/c1-4-14(2,3)15(10-6-5-7-11-15)19-13(18)9-8-12(16)17/h8-9H,4-7,10-11H2,1-3H3,(H,16,17)/b9-8+. The highest BCUT2D eigenvalue weighted by Crippen LogP contribution is 2.47. The molecule has 1 rings (SSSR count). The Morgan fingerprint density at radius 1 is 1.21 bits per heavy atom. The van der Waals surface area contributed by atoms with Crippen LogP contribution in [-0.4, -0.2) is 22.6 Å².